The highest BCUT2D eigenvalue weighted by atomic mass is 16.1. The Morgan fingerprint density at radius 1 is 0.562 bits per heavy atom. The summed E-state index contributed by atoms with van der Waals surface area (Å²) in [7, 11) is 0. The first-order chi connectivity index (χ1) is 15.3. The van der Waals surface area contributed by atoms with E-state index in [9.17, 15) is 4.79 Å². The molecule has 2 aliphatic carbocycles. The van der Waals surface area contributed by atoms with Crippen molar-refractivity contribution in [3.8, 4) is 0 Å². The zero-order chi connectivity index (χ0) is 23.5. The largest absolute Gasteiger partial charge is 0.298 e. The lowest BCUT2D eigenvalue weighted by atomic mass is 9.78. The number of hydrogen-bond donors (Lipinski definition) is 0. The minimum atomic E-state index is 0.0211. The van der Waals surface area contributed by atoms with E-state index in [1.807, 2.05) is 0 Å². The molecule has 1 nitrogen and oxygen atoms in total. The summed E-state index contributed by atoms with van der Waals surface area (Å²) >= 11 is 0. The Kier molecular flexibility index (Phi) is 11.2. The molecule has 32 heavy (non-hydrogen) atoms. The van der Waals surface area contributed by atoms with Crippen LogP contribution in [0.4, 0.5) is 0 Å². The number of Topliss-reactive ketones (excluding diaryl/α,β-unsaturated/α-hetero) is 1. The topological polar surface area (TPSA) is 17.1 Å². The van der Waals surface area contributed by atoms with Crippen molar-refractivity contribution in [1.82, 2.24) is 0 Å². The quantitative estimate of drug-likeness (QED) is 0.395. The summed E-state index contributed by atoms with van der Waals surface area (Å²) in [5.41, 5.74) is 8.19. The highest BCUT2D eigenvalue weighted by Gasteiger charge is 2.29. The van der Waals surface area contributed by atoms with E-state index in [0.717, 1.165) is 64.2 Å². The maximum absolute atomic E-state index is 14.0. The van der Waals surface area contributed by atoms with Gasteiger partial charge in [0.05, 0.1) is 0 Å². The van der Waals surface area contributed by atoms with Gasteiger partial charge in [-0.2, -0.15) is 0 Å². The van der Waals surface area contributed by atoms with Crippen LogP contribution in [-0.4, -0.2) is 5.78 Å². The van der Waals surface area contributed by atoms with Crippen molar-refractivity contribution < 1.29 is 4.79 Å². The van der Waals surface area contributed by atoms with Gasteiger partial charge in [-0.05, 0) is 106 Å². The van der Waals surface area contributed by atoms with Gasteiger partial charge in [-0.3, -0.25) is 4.79 Å². The van der Waals surface area contributed by atoms with Crippen molar-refractivity contribution in [1.29, 1.82) is 0 Å². The molecule has 2 unspecified atom stereocenters. The molecule has 0 aromatic heterocycles. The fraction of sp³-hybridized carbons (Fsp3) is 0.581. The molecular weight excluding hydrogens is 388 g/mol. The molecule has 0 aromatic rings. The summed E-state index contributed by atoms with van der Waals surface area (Å²) in [4.78, 5) is 14.0. The van der Waals surface area contributed by atoms with Crippen LogP contribution in [0.2, 0.25) is 0 Å². The summed E-state index contributed by atoms with van der Waals surface area (Å²) in [5.74, 6) is 0.478. The first-order valence-corrected chi connectivity index (χ1v) is 12.8. The van der Waals surface area contributed by atoms with Crippen LogP contribution in [0, 0.1) is 11.8 Å². The molecule has 1 heteroatoms. The molecule has 0 N–H and O–H groups in total. The van der Waals surface area contributed by atoms with Crippen LogP contribution in [0.15, 0.2) is 69.9 Å². The maximum Gasteiger partial charge on any atom is 0.147 e. The normalized spacial score (nSPS) is 25.2. The van der Waals surface area contributed by atoms with Crippen LogP contribution in [-0.2, 0) is 4.79 Å². The third-order valence-electron chi connectivity index (χ3n) is 7.24. The van der Waals surface area contributed by atoms with Gasteiger partial charge in [-0.1, -0.05) is 69.9 Å². The Labute approximate surface area is 198 Å². The van der Waals surface area contributed by atoms with Crippen LogP contribution in [0.25, 0.3) is 0 Å². The fourth-order valence-electron chi connectivity index (χ4n) is 4.79. The van der Waals surface area contributed by atoms with E-state index in [0.29, 0.717) is 5.78 Å². The monoisotopic (exact) mass is 434 g/mol. The third kappa shape index (κ3) is 8.93. The van der Waals surface area contributed by atoms with Crippen LogP contribution in [0.5, 0.6) is 0 Å². The van der Waals surface area contributed by atoms with Crippen LogP contribution < -0.4 is 0 Å². The summed E-state index contributed by atoms with van der Waals surface area (Å²) in [6.07, 6.45) is 24.4. The first kappa shape index (κ1) is 26.4. The smallest absolute Gasteiger partial charge is 0.147 e. The van der Waals surface area contributed by atoms with E-state index in [2.05, 4.69) is 78.0 Å². The Bertz CT molecular complexity index is 757. The Balaban J connectivity index is 2.35. The van der Waals surface area contributed by atoms with Crippen molar-refractivity contribution in [3.05, 3.63) is 69.9 Å². The molecule has 0 saturated heterocycles. The zero-order valence-electron chi connectivity index (χ0n) is 21.6. The minimum absolute atomic E-state index is 0.0211. The van der Waals surface area contributed by atoms with E-state index in [-0.39, 0.29) is 11.8 Å². The van der Waals surface area contributed by atoms with Crippen LogP contribution >= 0.6 is 0 Å². The lowest BCUT2D eigenvalue weighted by Gasteiger charge is -2.25. The van der Waals surface area contributed by atoms with E-state index >= 15 is 0 Å². The lowest BCUT2D eigenvalue weighted by molar-refractivity contribution is -0.125. The summed E-state index contributed by atoms with van der Waals surface area (Å²) in [5, 5.41) is 0. The standard InChI is InChI=1S/C31H46O/c1-23-11-7-9-13-25(3)17-21-29(27(5)19-15-23)31(32)30-22-18-26(4)14-10-8-12-24(2)16-20-28(30)6/h11-14,19-20,29-30H,7-10,15-18,21-22H2,1-6H3. The highest BCUT2D eigenvalue weighted by Crippen LogP contribution is 2.32. The van der Waals surface area contributed by atoms with Crippen molar-refractivity contribution in [2.75, 3.05) is 0 Å². The van der Waals surface area contributed by atoms with Gasteiger partial charge in [0.15, 0.2) is 0 Å². The van der Waals surface area contributed by atoms with Gasteiger partial charge in [0.1, 0.15) is 5.78 Å². The minimum Gasteiger partial charge on any atom is -0.298 e. The zero-order valence-corrected chi connectivity index (χ0v) is 21.6. The summed E-state index contributed by atoms with van der Waals surface area (Å²) in [6.45, 7) is 13.3. The van der Waals surface area contributed by atoms with Gasteiger partial charge in [0.25, 0.3) is 0 Å². The number of carbonyl (C=O) groups is 1. The molecule has 0 amide bonds. The average Bonchev–Trinajstić information content (AvgIpc) is 2.75. The maximum atomic E-state index is 14.0. The number of hydrogen-bond acceptors (Lipinski definition) is 1. The van der Waals surface area contributed by atoms with Crippen molar-refractivity contribution in [2.24, 2.45) is 11.8 Å². The molecule has 0 fully saturated rings. The van der Waals surface area contributed by atoms with Crippen molar-refractivity contribution in [2.45, 2.75) is 106 Å². The third-order valence-corrected chi connectivity index (χ3v) is 7.24. The van der Waals surface area contributed by atoms with E-state index in [1.165, 1.54) is 33.4 Å². The van der Waals surface area contributed by atoms with Gasteiger partial charge in [0.2, 0.25) is 0 Å². The first-order valence-electron chi connectivity index (χ1n) is 12.8. The van der Waals surface area contributed by atoms with E-state index in [4.69, 9.17) is 0 Å². The van der Waals surface area contributed by atoms with Crippen molar-refractivity contribution >= 4 is 5.78 Å². The molecule has 0 heterocycles. The molecule has 0 radical (unpaired) electrons. The molecule has 0 spiro atoms. The Hall–Kier alpha value is -1.89. The molecule has 2 rings (SSSR count). The Morgan fingerprint density at radius 3 is 1.28 bits per heavy atom. The average molecular weight is 435 g/mol. The number of allylic oxidation sites excluding steroid dienone is 12. The Morgan fingerprint density at radius 2 is 0.906 bits per heavy atom. The molecule has 2 aliphatic rings. The van der Waals surface area contributed by atoms with Gasteiger partial charge in [-0.15, -0.1) is 0 Å². The van der Waals surface area contributed by atoms with Crippen LogP contribution in [0.3, 0.4) is 0 Å². The molecule has 2 atom stereocenters. The van der Waals surface area contributed by atoms with E-state index < -0.39 is 0 Å². The van der Waals surface area contributed by atoms with Crippen molar-refractivity contribution in [3.63, 3.8) is 0 Å². The van der Waals surface area contributed by atoms with E-state index in [1.54, 1.807) is 0 Å². The molecule has 0 bridgehead atoms. The number of carbonyl (C=O) groups excluding carboxylic acids is 1. The molecule has 176 valence electrons. The predicted molar refractivity (Wildman–Crippen MR) is 141 cm³/mol. The SMILES string of the molecule is CC1=CCCC=C(C)CCC(C(=O)C2CCC(C)=CCCC=C(C)CC=C2C)C(C)=CC1. The van der Waals surface area contributed by atoms with Gasteiger partial charge in [0, 0.05) is 11.8 Å². The van der Waals surface area contributed by atoms with Gasteiger partial charge >= 0.3 is 0 Å². The second-order valence-corrected chi connectivity index (χ2v) is 10.2. The van der Waals surface area contributed by atoms with Gasteiger partial charge < -0.3 is 0 Å². The van der Waals surface area contributed by atoms with Crippen LogP contribution in [0.1, 0.15) is 106 Å². The highest BCUT2D eigenvalue weighted by molar-refractivity contribution is 5.88. The summed E-state index contributed by atoms with van der Waals surface area (Å²) < 4.78 is 0. The second kappa shape index (κ2) is 13.6. The molecule has 0 aromatic carbocycles. The number of ketones is 1. The van der Waals surface area contributed by atoms with Gasteiger partial charge in [-0.25, -0.2) is 0 Å². The molecule has 0 saturated carbocycles. The molecule has 0 aliphatic heterocycles. The summed E-state index contributed by atoms with van der Waals surface area (Å²) in [6, 6.07) is 0. The predicted octanol–water partition coefficient (Wildman–Crippen LogP) is 9.39. The molecular formula is C31H46O. The second-order valence-electron chi connectivity index (χ2n) is 10.2. The number of rotatable bonds is 2. The fourth-order valence-corrected chi connectivity index (χ4v) is 4.79. The lowest BCUT2D eigenvalue weighted by Crippen LogP contribution is -2.26.